The third kappa shape index (κ3) is 5.44. The maximum atomic E-state index is 12.0. The molecule has 0 saturated heterocycles. The van der Waals surface area contributed by atoms with Gasteiger partial charge in [-0.15, -0.1) is 0 Å². The first-order chi connectivity index (χ1) is 13.2. The molecular weight excluding hydrogens is 342 g/mol. The molecule has 3 aromatic rings. The summed E-state index contributed by atoms with van der Waals surface area (Å²) in [7, 11) is 0. The van der Waals surface area contributed by atoms with Crippen molar-refractivity contribution >= 4 is 12.2 Å². The molecule has 0 aliphatic carbocycles. The largest absolute Gasteiger partial charge is 0.483 e. The summed E-state index contributed by atoms with van der Waals surface area (Å²) in [6.07, 6.45) is 0.700. The van der Waals surface area contributed by atoms with Crippen LogP contribution in [0.4, 0.5) is 0 Å². The summed E-state index contributed by atoms with van der Waals surface area (Å²) >= 11 is 0. The lowest BCUT2D eigenvalue weighted by atomic mass is 10.2. The number of rotatable bonds is 8. The number of carbonyl (C=O) groups is 2. The van der Waals surface area contributed by atoms with E-state index in [0.717, 1.165) is 11.3 Å². The van der Waals surface area contributed by atoms with E-state index in [1.807, 2.05) is 54.6 Å². The Hall–Kier alpha value is -3.60. The van der Waals surface area contributed by atoms with E-state index in [1.54, 1.807) is 24.3 Å². The minimum absolute atomic E-state index is 0.162. The molecule has 3 aromatic carbocycles. The second-order valence-corrected chi connectivity index (χ2v) is 5.78. The van der Waals surface area contributed by atoms with Crippen molar-refractivity contribution in [3.63, 3.8) is 0 Å². The van der Waals surface area contributed by atoms with Gasteiger partial charge in [0.15, 0.2) is 12.9 Å². The number of para-hydroxylation sites is 2. The van der Waals surface area contributed by atoms with Crippen LogP contribution in [-0.4, -0.2) is 18.8 Å². The van der Waals surface area contributed by atoms with Crippen molar-refractivity contribution in [2.45, 2.75) is 6.54 Å². The van der Waals surface area contributed by atoms with Crippen LogP contribution in [0.3, 0.4) is 0 Å². The van der Waals surface area contributed by atoms with E-state index in [4.69, 9.17) is 9.47 Å². The van der Waals surface area contributed by atoms with Crippen LogP contribution in [0.25, 0.3) is 0 Å². The monoisotopic (exact) mass is 361 g/mol. The van der Waals surface area contributed by atoms with Gasteiger partial charge in [-0.1, -0.05) is 42.5 Å². The molecule has 0 atom stereocenters. The SMILES string of the molecule is O=Cc1ccccc1OCC(=O)NCc1cccc(Oc2ccccc2)c1. The van der Waals surface area contributed by atoms with Gasteiger partial charge in [0.05, 0.1) is 5.56 Å². The van der Waals surface area contributed by atoms with Gasteiger partial charge in [-0.25, -0.2) is 0 Å². The molecule has 5 nitrogen and oxygen atoms in total. The fourth-order valence-electron chi connectivity index (χ4n) is 2.45. The number of carbonyl (C=O) groups excluding carboxylic acids is 2. The molecule has 0 fully saturated rings. The van der Waals surface area contributed by atoms with E-state index >= 15 is 0 Å². The summed E-state index contributed by atoms with van der Waals surface area (Å²) < 4.78 is 11.2. The van der Waals surface area contributed by atoms with Gasteiger partial charge >= 0.3 is 0 Å². The molecule has 0 bridgehead atoms. The Morgan fingerprint density at radius 1 is 0.889 bits per heavy atom. The summed E-state index contributed by atoms with van der Waals surface area (Å²) in [4.78, 5) is 23.0. The molecule has 0 unspecified atom stereocenters. The molecule has 0 aliphatic heterocycles. The smallest absolute Gasteiger partial charge is 0.258 e. The third-order valence-electron chi connectivity index (χ3n) is 3.77. The van der Waals surface area contributed by atoms with Gasteiger partial charge in [-0.3, -0.25) is 9.59 Å². The molecule has 27 heavy (non-hydrogen) atoms. The van der Waals surface area contributed by atoms with Crippen LogP contribution in [0, 0.1) is 0 Å². The van der Waals surface area contributed by atoms with E-state index in [9.17, 15) is 9.59 Å². The average molecular weight is 361 g/mol. The van der Waals surface area contributed by atoms with Gasteiger partial charge < -0.3 is 14.8 Å². The van der Waals surface area contributed by atoms with Crippen LogP contribution in [0.5, 0.6) is 17.2 Å². The maximum Gasteiger partial charge on any atom is 0.258 e. The van der Waals surface area contributed by atoms with Crippen molar-refractivity contribution < 1.29 is 19.1 Å². The van der Waals surface area contributed by atoms with Gasteiger partial charge in [-0.05, 0) is 42.0 Å². The van der Waals surface area contributed by atoms with E-state index in [1.165, 1.54) is 0 Å². The van der Waals surface area contributed by atoms with Crippen molar-refractivity contribution in [1.29, 1.82) is 0 Å². The van der Waals surface area contributed by atoms with E-state index < -0.39 is 0 Å². The lowest BCUT2D eigenvalue weighted by Crippen LogP contribution is -2.28. The van der Waals surface area contributed by atoms with Crippen molar-refractivity contribution in [3.8, 4) is 17.2 Å². The number of aldehydes is 1. The molecule has 1 N–H and O–H groups in total. The minimum Gasteiger partial charge on any atom is -0.483 e. The van der Waals surface area contributed by atoms with Crippen molar-refractivity contribution in [2.24, 2.45) is 0 Å². The molecule has 5 heteroatoms. The molecule has 0 spiro atoms. The Labute approximate surface area is 157 Å². The maximum absolute atomic E-state index is 12.0. The van der Waals surface area contributed by atoms with Crippen molar-refractivity contribution in [2.75, 3.05) is 6.61 Å². The first-order valence-electron chi connectivity index (χ1n) is 8.50. The minimum atomic E-state index is -0.273. The molecule has 0 aliphatic rings. The zero-order chi connectivity index (χ0) is 18.9. The van der Waals surface area contributed by atoms with Crippen LogP contribution in [0.15, 0.2) is 78.9 Å². The van der Waals surface area contributed by atoms with Crippen LogP contribution >= 0.6 is 0 Å². The lowest BCUT2D eigenvalue weighted by molar-refractivity contribution is -0.123. The third-order valence-corrected chi connectivity index (χ3v) is 3.77. The summed E-state index contributed by atoms with van der Waals surface area (Å²) in [5.74, 6) is 1.57. The summed E-state index contributed by atoms with van der Waals surface area (Å²) in [5.41, 5.74) is 1.32. The number of hydrogen-bond donors (Lipinski definition) is 1. The Balaban J connectivity index is 1.51. The second-order valence-electron chi connectivity index (χ2n) is 5.78. The summed E-state index contributed by atoms with van der Waals surface area (Å²) in [5, 5.41) is 2.79. The molecular formula is C22H19NO4. The molecule has 1 amide bonds. The molecule has 0 aromatic heterocycles. The van der Waals surface area contributed by atoms with Crippen molar-refractivity contribution in [3.05, 3.63) is 90.0 Å². The Morgan fingerprint density at radius 2 is 1.63 bits per heavy atom. The highest BCUT2D eigenvalue weighted by Crippen LogP contribution is 2.21. The van der Waals surface area contributed by atoms with Gasteiger partial charge in [0.2, 0.25) is 0 Å². The van der Waals surface area contributed by atoms with Crippen LogP contribution in [0.1, 0.15) is 15.9 Å². The van der Waals surface area contributed by atoms with Crippen LogP contribution in [0.2, 0.25) is 0 Å². The highest BCUT2D eigenvalue weighted by molar-refractivity contribution is 5.80. The van der Waals surface area contributed by atoms with Crippen molar-refractivity contribution in [1.82, 2.24) is 5.32 Å². The number of benzene rings is 3. The molecule has 3 rings (SSSR count). The molecule has 0 heterocycles. The Kier molecular flexibility index (Phi) is 6.20. The average Bonchev–Trinajstić information content (AvgIpc) is 2.72. The number of hydrogen-bond acceptors (Lipinski definition) is 4. The van der Waals surface area contributed by atoms with E-state index in [-0.39, 0.29) is 12.5 Å². The van der Waals surface area contributed by atoms with Gasteiger partial charge in [0.25, 0.3) is 5.91 Å². The summed E-state index contributed by atoms with van der Waals surface area (Å²) in [6, 6.07) is 23.8. The zero-order valence-corrected chi connectivity index (χ0v) is 14.6. The fourth-order valence-corrected chi connectivity index (χ4v) is 2.45. The zero-order valence-electron chi connectivity index (χ0n) is 14.6. The number of amides is 1. The summed E-state index contributed by atoms with van der Waals surface area (Å²) in [6.45, 7) is 0.189. The first kappa shape index (κ1) is 18.2. The van der Waals surface area contributed by atoms with Gasteiger partial charge in [0, 0.05) is 6.54 Å². The van der Waals surface area contributed by atoms with Gasteiger partial charge in [0.1, 0.15) is 17.2 Å². The normalized spacial score (nSPS) is 10.1. The topological polar surface area (TPSA) is 64.6 Å². The lowest BCUT2D eigenvalue weighted by Gasteiger charge is -2.10. The predicted octanol–water partition coefficient (Wildman–Crippen LogP) is 3.99. The predicted molar refractivity (Wildman–Crippen MR) is 102 cm³/mol. The standard InChI is InChI=1S/C22H19NO4/c24-15-18-8-4-5-12-21(18)26-16-22(25)23-14-17-7-6-11-20(13-17)27-19-9-2-1-3-10-19/h1-13,15H,14,16H2,(H,23,25). The van der Waals surface area contributed by atoms with E-state index in [2.05, 4.69) is 5.32 Å². The Morgan fingerprint density at radius 3 is 2.44 bits per heavy atom. The highest BCUT2D eigenvalue weighted by atomic mass is 16.5. The Bertz CT molecular complexity index is 909. The van der Waals surface area contributed by atoms with Gasteiger partial charge in [-0.2, -0.15) is 0 Å². The number of ether oxygens (including phenoxy) is 2. The highest BCUT2D eigenvalue weighted by Gasteiger charge is 2.06. The molecule has 0 radical (unpaired) electrons. The molecule has 136 valence electrons. The first-order valence-corrected chi connectivity index (χ1v) is 8.50. The quantitative estimate of drug-likeness (QED) is 0.616. The van der Waals surface area contributed by atoms with Crippen LogP contribution in [-0.2, 0) is 11.3 Å². The van der Waals surface area contributed by atoms with E-state index in [0.29, 0.717) is 29.9 Å². The second kappa shape index (κ2) is 9.20. The number of nitrogens with one attached hydrogen (secondary N) is 1. The van der Waals surface area contributed by atoms with Crippen LogP contribution < -0.4 is 14.8 Å². The molecule has 0 saturated carbocycles. The fraction of sp³-hybridized carbons (Fsp3) is 0.0909.